The Morgan fingerprint density at radius 2 is 2.06 bits per heavy atom. The lowest BCUT2D eigenvalue weighted by atomic mass is 9.96. The molecule has 0 radical (unpaired) electrons. The summed E-state index contributed by atoms with van der Waals surface area (Å²) in [5.74, 6) is 0.343. The molecule has 1 aromatic rings. The van der Waals surface area contributed by atoms with Crippen LogP contribution in [0.5, 0.6) is 0 Å². The second-order valence-electron chi connectivity index (χ2n) is 4.47. The molecule has 1 fully saturated rings. The highest BCUT2D eigenvalue weighted by molar-refractivity contribution is 6.30. The van der Waals surface area contributed by atoms with Gasteiger partial charge >= 0.3 is 5.97 Å². The average molecular weight is 254 g/mol. The van der Waals surface area contributed by atoms with E-state index in [4.69, 9.17) is 11.6 Å². The van der Waals surface area contributed by atoms with Crippen LogP contribution in [-0.4, -0.2) is 31.1 Å². The van der Waals surface area contributed by atoms with E-state index in [0.29, 0.717) is 12.3 Å². The number of hydrogen-bond donors (Lipinski definition) is 0. The SMILES string of the molecule is COC(=O)CC1CN(Cc2ccc(Cl)cc2)C1. The summed E-state index contributed by atoms with van der Waals surface area (Å²) < 4.78 is 4.65. The third kappa shape index (κ3) is 3.45. The lowest BCUT2D eigenvalue weighted by molar-refractivity contribution is -0.143. The van der Waals surface area contributed by atoms with Crippen LogP contribution in [-0.2, 0) is 16.1 Å². The molecule has 92 valence electrons. The molecule has 17 heavy (non-hydrogen) atoms. The maximum Gasteiger partial charge on any atom is 0.305 e. The summed E-state index contributed by atoms with van der Waals surface area (Å²) in [5, 5.41) is 0.765. The molecule has 0 N–H and O–H groups in total. The Morgan fingerprint density at radius 1 is 1.41 bits per heavy atom. The molecule has 1 aliphatic rings. The van der Waals surface area contributed by atoms with E-state index in [9.17, 15) is 4.79 Å². The van der Waals surface area contributed by atoms with Gasteiger partial charge in [0.05, 0.1) is 13.5 Å². The van der Waals surface area contributed by atoms with Crippen LogP contribution >= 0.6 is 11.6 Å². The highest BCUT2D eigenvalue weighted by Crippen LogP contribution is 2.22. The molecule has 1 aliphatic heterocycles. The predicted molar refractivity (Wildman–Crippen MR) is 66.9 cm³/mol. The molecule has 0 aromatic heterocycles. The van der Waals surface area contributed by atoms with Crippen LogP contribution in [0.4, 0.5) is 0 Å². The van der Waals surface area contributed by atoms with Gasteiger partial charge in [-0.25, -0.2) is 0 Å². The van der Waals surface area contributed by atoms with Crippen LogP contribution in [0.3, 0.4) is 0 Å². The largest absolute Gasteiger partial charge is 0.469 e. The van der Waals surface area contributed by atoms with Gasteiger partial charge in [0.15, 0.2) is 0 Å². The standard InChI is InChI=1S/C13H16ClNO2/c1-17-13(16)6-11-8-15(9-11)7-10-2-4-12(14)5-3-10/h2-5,11H,6-9H2,1H3. The number of halogens is 1. The molecule has 0 amide bonds. The highest BCUT2D eigenvalue weighted by atomic mass is 35.5. The van der Waals surface area contributed by atoms with Gasteiger partial charge in [0.1, 0.15) is 0 Å². The zero-order valence-corrected chi connectivity index (χ0v) is 10.6. The van der Waals surface area contributed by atoms with Crippen LogP contribution in [0, 0.1) is 5.92 Å². The lowest BCUT2D eigenvalue weighted by Gasteiger charge is -2.38. The van der Waals surface area contributed by atoms with Gasteiger partial charge in [-0.05, 0) is 23.6 Å². The van der Waals surface area contributed by atoms with E-state index in [1.165, 1.54) is 12.7 Å². The first-order valence-electron chi connectivity index (χ1n) is 5.71. The van der Waals surface area contributed by atoms with Crippen LogP contribution in [0.15, 0.2) is 24.3 Å². The van der Waals surface area contributed by atoms with Gasteiger partial charge in [-0.1, -0.05) is 23.7 Å². The van der Waals surface area contributed by atoms with Crippen molar-refractivity contribution in [3.05, 3.63) is 34.9 Å². The Labute approximate surface area is 106 Å². The van der Waals surface area contributed by atoms with Crippen molar-refractivity contribution in [1.29, 1.82) is 0 Å². The number of hydrogen-bond acceptors (Lipinski definition) is 3. The zero-order valence-electron chi connectivity index (χ0n) is 9.86. The molecule has 0 unspecified atom stereocenters. The predicted octanol–water partition coefficient (Wildman–Crippen LogP) is 2.33. The Kier molecular flexibility index (Phi) is 4.02. The average Bonchev–Trinajstić information content (AvgIpc) is 2.28. The van der Waals surface area contributed by atoms with Gasteiger partial charge in [-0.15, -0.1) is 0 Å². The summed E-state index contributed by atoms with van der Waals surface area (Å²) in [5.41, 5.74) is 1.26. The third-order valence-corrected chi connectivity index (χ3v) is 3.29. The van der Waals surface area contributed by atoms with E-state index < -0.39 is 0 Å². The molecule has 0 aliphatic carbocycles. The van der Waals surface area contributed by atoms with Crippen molar-refractivity contribution >= 4 is 17.6 Å². The lowest BCUT2D eigenvalue weighted by Crippen LogP contribution is -2.46. The molecule has 0 saturated carbocycles. The Balaban J connectivity index is 1.73. The van der Waals surface area contributed by atoms with E-state index in [1.807, 2.05) is 24.3 Å². The van der Waals surface area contributed by atoms with Crippen molar-refractivity contribution in [2.24, 2.45) is 5.92 Å². The third-order valence-electron chi connectivity index (χ3n) is 3.04. The summed E-state index contributed by atoms with van der Waals surface area (Å²) in [6.07, 6.45) is 0.535. The summed E-state index contributed by atoms with van der Waals surface area (Å²) in [6.45, 7) is 2.87. The summed E-state index contributed by atoms with van der Waals surface area (Å²) in [4.78, 5) is 13.4. The number of rotatable bonds is 4. The van der Waals surface area contributed by atoms with Crippen molar-refractivity contribution in [1.82, 2.24) is 4.90 Å². The van der Waals surface area contributed by atoms with Crippen molar-refractivity contribution in [3.63, 3.8) is 0 Å². The molecule has 1 saturated heterocycles. The first kappa shape index (κ1) is 12.4. The van der Waals surface area contributed by atoms with Gasteiger partial charge in [-0.2, -0.15) is 0 Å². The van der Waals surface area contributed by atoms with E-state index in [1.54, 1.807) is 0 Å². The molecule has 4 heteroatoms. The smallest absolute Gasteiger partial charge is 0.305 e. The fraction of sp³-hybridized carbons (Fsp3) is 0.462. The van der Waals surface area contributed by atoms with Crippen molar-refractivity contribution in [3.8, 4) is 0 Å². The molecule has 3 nitrogen and oxygen atoms in total. The maximum atomic E-state index is 11.1. The molecular formula is C13H16ClNO2. The summed E-state index contributed by atoms with van der Waals surface area (Å²) in [6, 6.07) is 7.89. The minimum Gasteiger partial charge on any atom is -0.469 e. The highest BCUT2D eigenvalue weighted by Gasteiger charge is 2.28. The number of nitrogens with zero attached hydrogens (tertiary/aromatic N) is 1. The van der Waals surface area contributed by atoms with Crippen molar-refractivity contribution < 1.29 is 9.53 Å². The number of carbonyl (C=O) groups excluding carboxylic acids is 1. The molecule has 0 spiro atoms. The Morgan fingerprint density at radius 3 is 2.65 bits per heavy atom. The number of methoxy groups -OCH3 is 1. The topological polar surface area (TPSA) is 29.5 Å². The molecule has 1 heterocycles. The van der Waals surface area contributed by atoms with Crippen molar-refractivity contribution in [2.75, 3.05) is 20.2 Å². The molecule has 0 bridgehead atoms. The monoisotopic (exact) mass is 253 g/mol. The number of likely N-dealkylation sites (tertiary alicyclic amines) is 1. The summed E-state index contributed by atoms with van der Waals surface area (Å²) >= 11 is 5.83. The van der Waals surface area contributed by atoms with Gasteiger partial charge in [-0.3, -0.25) is 9.69 Å². The number of carbonyl (C=O) groups is 1. The van der Waals surface area contributed by atoms with Crippen LogP contribution in [0.1, 0.15) is 12.0 Å². The number of benzene rings is 1. The van der Waals surface area contributed by atoms with E-state index in [2.05, 4.69) is 9.64 Å². The molecule has 0 atom stereocenters. The normalized spacial score (nSPS) is 16.6. The minimum atomic E-state index is -0.110. The molecule has 1 aromatic carbocycles. The number of esters is 1. The quantitative estimate of drug-likeness (QED) is 0.772. The fourth-order valence-electron chi connectivity index (χ4n) is 2.10. The second-order valence-corrected chi connectivity index (χ2v) is 4.90. The Bertz CT molecular complexity index is 385. The second kappa shape index (κ2) is 5.52. The van der Waals surface area contributed by atoms with Crippen LogP contribution in [0.25, 0.3) is 0 Å². The van der Waals surface area contributed by atoms with Gasteiger partial charge in [0, 0.05) is 24.7 Å². The molecular weight excluding hydrogens is 238 g/mol. The van der Waals surface area contributed by atoms with Gasteiger partial charge in [0.2, 0.25) is 0 Å². The number of ether oxygens (including phenoxy) is 1. The first-order valence-corrected chi connectivity index (χ1v) is 6.09. The van der Waals surface area contributed by atoms with Crippen molar-refractivity contribution in [2.45, 2.75) is 13.0 Å². The maximum absolute atomic E-state index is 11.1. The van der Waals surface area contributed by atoms with E-state index in [-0.39, 0.29) is 5.97 Å². The van der Waals surface area contributed by atoms with Crippen LogP contribution < -0.4 is 0 Å². The van der Waals surface area contributed by atoms with Gasteiger partial charge < -0.3 is 4.74 Å². The molecule has 2 rings (SSSR count). The van der Waals surface area contributed by atoms with Crippen LogP contribution in [0.2, 0.25) is 5.02 Å². The zero-order chi connectivity index (χ0) is 12.3. The summed E-state index contributed by atoms with van der Waals surface area (Å²) in [7, 11) is 1.44. The minimum absolute atomic E-state index is 0.110. The fourth-order valence-corrected chi connectivity index (χ4v) is 2.23. The Hall–Kier alpha value is -1.06. The van der Waals surface area contributed by atoms with E-state index >= 15 is 0 Å². The van der Waals surface area contributed by atoms with Gasteiger partial charge in [0.25, 0.3) is 0 Å². The first-order chi connectivity index (χ1) is 8.17. The van der Waals surface area contributed by atoms with E-state index in [0.717, 1.165) is 24.7 Å².